The summed E-state index contributed by atoms with van der Waals surface area (Å²) in [5.41, 5.74) is 0.853. The number of nitrogens with zero attached hydrogens (tertiary/aromatic N) is 2. The van der Waals surface area contributed by atoms with Gasteiger partial charge in [-0.1, -0.05) is 18.2 Å². The minimum atomic E-state index is -1.06. The summed E-state index contributed by atoms with van der Waals surface area (Å²) >= 11 is 0. The molecule has 1 heterocycles. The lowest BCUT2D eigenvalue weighted by Crippen LogP contribution is -2.25. The van der Waals surface area contributed by atoms with Crippen LogP contribution in [0.25, 0.3) is 11.5 Å². The van der Waals surface area contributed by atoms with Gasteiger partial charge in [-0.05, 0) is 30.3 Å². The van der Waals surface area contributed by atoms with Gasteiger partial charge < -0.3 is 9.73 Å². The topological polar surface area (TPSA) is 68.0 Å². The molecule has 3 aromatic rings. The molecule has 0 fully saturated rings. The van der Waals surface area contributed by atoms with E-state index in [1.807, 2.05) is 30.3 Å². The Hall–Kier alpha value is -3.09. The maximum Gasteiger partial charge on any atom is 0.251 e. The van der Waals surface area contributed by atoms with E-state index >= 15 is 0 Å². The zero-order valence-corrected chi connectivity index (χ0v) is 12.5. The molecule has 24 heavy (non-hydrogen) atoms. The smallest absolute Gasteiger partial charge is 0.251 e. The minimum absolute atomic E-state index is 0.0457. The number of hydrogen-bond acceptors (Lipinski definition) is 4. The fraction of sp³-hybridized carbons (Fsp3) is 0.118. The summed E-state index contributed by atoms with van der Waals surface area (Å²) < 4.78 is 31.5. The Kier molecular flexibility index (Phi) is 4.60. The molecule has 0 unspecified atom stereocenters. The summed E-state index contributed by atoms with van der Waals surface area (Å²) in [7, 11) is 0. The van der Waals surface area contributed by atoms with Crippen LogP contribution in [0.2, 0.25) is 0 Å². The lowest BCUT2D eigenvalue weighted by molar-refractivity contribution is 0.0953. The summed E-state index contributed by atoms with van der Waals surface area (Å²) in [5, 5.41) is 10.4. The van der Waals surface area contributed by atoms with Crippen molar-refractivity contribution in [2.75, 3.05) is 6.54 Å². The van der Waals surface area contributed by atoms with Gasteiger partial charge in [0, 0.05) is 24.1 Å². The lowest BCUT2D eigenvalue weighted by Gasteiger charge is -2.04. The highest BCUT2D eigenvalue weighted by Crippen LogP contribution is 2.16. The standard InChI is InChI=1S/C17H13F2N3O2/c18-13-7-6-12(10-14(13)19)16(23)20-9-8-15-21-22-17(24-15)11-4-2-1-3-5-11/h1-7,10H,8-9H2,(H,20,23). The molecule has 2 aromatic carbocycles. The highest BCUT2D eigenvalue weighted by atomic mass is 19.2. The van der Waals surface area contributed by atoms with Gasteiger partial charge >= 0.3 is 0 Å². The molecule has 0 radical (unpaired) electrons. The van der Waals surface area contributed by atoms with Crippen LogP contribution in [0.4, 0.5) is 8.78 Å². The Balaban J connectivity index is 1.56. The van der Waals surface area contributed by atoms with Gasteiger partial charge in [0.2, 0.25) is 11.8 Å². The third-order valence-corrected chi connectivity index (χ3v) is 3.29. The molecule has 7 heteroatoms. The maximum atomic E-state index is 13.1. The fourth-order valence-corrected chi connectivity index (χ4v) is 2.07. The van der Waals surface area contributed by atoms with Crippen molar-refractivity contribution in [3.8, 4) is 11.5 Å². The summed E-state index contributed by atoms with van der Waals surface area (Å²) in [6, 6.07) is 12.3. The number of carbonyl (C=O) groups excluding carboxylic acids is 1. The zero-order chi connectivity index (χ0) is 16.9. The van der Waals surface area contributed by atoms with Crippen molar-refractivity contribution in [2.45, 2.75) is 6.42 Å². The number of nitrogens with one attached hydrogen (secondary N) is 1. The normalized spacial score (nSPS) is 10.6. The molecule has 0 bridgehead atoms. The van der Waals surface area contributed by atoms with E-state index in [4.69, 9.17) is 4.42 Å². The average Bonchev–Trinajstić information content (AvgIpc) is 3.07. The van der Waals surface area contributed by atoms with E-state index in [-0.39, 0.29) is 12.1 Å². The SMILES string of the molecule is O=C(NCCc1nnc(-c2ccccc2)o1)c1ccc(F)c(F)c1. The van der Waals surface area contributed by atoms with Crippen LogP contribution in [0.5, 0.6) is 0 Å². The first-order valence-corrected chi connectivity index (χ1v) is 7.24. The first-order valence-electron chi connectivity index (χ1n) is 7.24. The van der Waals surface area contributed by atoms with Crippen LogP contribution >= 0.6 is 0 Å². The van der Waals surface area contributed by atoms with Crippen LogP contribution < -0.4 is 5.32 Å². The van der Waals surface area contributed by atoms with Crippen LogP contribution in [0.3, 0.4) is 0 Å². The molecule has 1 aromatic heterocycles. The van der Waals surface area contributed by atoms with Gasteiger partial charge in [0.25, 0.3) is 5.91 Å². The van der Waals surface area contributed by atoms with Crippen LogP contribution in [0.15, 0.2) is 52.9 Å². The number of hydrogen-bond donors (Lipinski definition) is 1. The largest absolute Gasteiger partial charge is 0.421 e. The highest BCUT2D eigenvalue weighted by molar-refractivity contribution is 5.94. The maximum absolute atomic E-state index is 13.1. The quantitative estimate of drug-likeness (QED) is 0.781. The Labute approximate surface area is 136 Å². The first kappa shape index (κ1) is 15.8. The number of carbonyl (C=O) groups is 1. The molecule has 3 rings (SSSR count). The molecule has 122 valence electrons. The predicted octanol–water partition coefficient (Wildman–Crippen LogP) is 2.99. The lowest BCUT2D eigenvalue weighted by atomic mass is 10.2. The molecule has 0 aliphatic carbocycles. The third kappa shape index (κ3) is 3.62. The monoisotopic (exact) mass is 329 g/mol. The number of rotatable bonds is 5. The molecule has 0 aliphatic rings. The second-order valence-corrected chi connectivity index (χ2v) is 5.00. The van der Waals surface area contributed by atoms with Gasteiger partial charge in [0.1, 0.15) is 0 Å². The molecular weight excluding hydrogens is 316 g/mol. The number of benzene rings is 2. The van der Waals surface area contributed by atoms with E-state index in [9.17, 15) is 13.6 Å². The van der Waals surface area contributed by atoms with Gasteiger partial charge in [0.05, 0.1) is 0 Å². The van der Waals surface area contributed by atoms with Gasteiger partial charge in [-0.2, -0.15) is 0 Å². The van der Waals surface area contributed by atoms with Gasteiger partial charge in [-0.3, -0.25) is 4.79 Å². The molecule has 1 amide bonds. The summed E-state index contributed by atoms with van der Waals surface area (Å²) in [6.07, 6.45) is 0.329. The molecule has 0 atom stereocenters. The molecule has 0 aliphatic heterocycles. The predicted molar refractivity (Wildman–Crippen MR) is 82.1 cm³/mol. The average molecular weight is 329 g/mol. The summed E-state index contributed by atoms with van der Waals surface area (Å²) in [5.74, 6) is -1.79. The minimum Gasteiger partial charge on any atom is -0.421 e. The number of aromatic nitrogens is 2. The van der Waals surface area contributed by atoms with Crippen molar-refractivity contribution < 1.29 is 18.0 Å². The van der Waals surface area contributed by atoms with Crippen molar-refractivity contribution >= 4 is 5.91 Å². The van der Waals surface area contributed by atoms with Crippen molar-refractivity contribution in [3.05, 3.63) is 71.6 Å². The van der Waals surface area contributed by atoms with E-state index in [0.717, 1.165) is 17.7 Å². The third-order valence-electron chi connectivity index (χ3n) is 3.29. The Bertz CT molecular complexity index is 850. The molecule has 1 N–H and O–H groups in total. The zero-order valence-electron chi connectivity index (χ0n) is 12.5. The van der Waals surface area contributed by atoms with Crippen LogP contribution in [-0.4, -0.2) is 22.6 Å². The van der Waals surface area contributed by atoms with Gasteiger partial charge in [0.15, 0.2) is 11.6 Å². The van der Waals surface area contributed by atoms with Gasteiger partial charge in [-0.15, -0.1) is 10.2 Å². The van der Waals surface area contributed by atoms with Crippen molar-refractivity contribution in [1.29, 1.82) is 0 Å². The van der Waals surface area contributed by atoms with E-state index in [1.165, 1.54) is 6.07 Å². The van der Waals surface area contributed by atoms with Gasteiger partial charge in [-0.25, -0.2) is 8.78 Å². The number of amides is 1. The van der Waals surface area contributed by atoms with Crippen molar-refractivity contribution in [3.63, 3.8) is 0 Å². The second-order valence-electron chi connectivity index (χ2n) is 5.00. The molecule has 0 saturated carbocycles. The Morgan fingerprint density at radius 3 is 2.58 bits per heavy atom. The molecule has 5 nitrogen and oxygen atoms in total. The Morgan fingerprint density at radius 1 is 1.04 bits per heavy atom. The Morgan fingerprint density at radius 2 is 1.83 bits per heavy atom. The van der Waals surface area contributed by atoms with Crippen LogP contribution in [-0.2, 0) is 6.42 Å². The van der Waals surface area contributed by atoms with Crippen molar-refractivity contribution in [1.82, 2.24) is 15.5 Å². The van der Waals surface area contributed by atoms with Crippen LogP contribution in [0, 0.1) is 11.6 Å². The number of halogens is 2. The van der Waals surface area contributed by atoms with E-state index in [2.05, 4.69) is 15.5 Å². The molecule has 0 saturated heterocycles. The summed E-state index contributed by atoms with van der Waals surface area (Å²) in [4.78, 5) is 11.9. The van der Waals surface area contributed by atoms with Crippen LogP contribution in [0.1, 0.15) is 16.2 Å². The highest BCUT2D eigenvalue weighted by Gasteiger charge is 2.11. The summed E-state index contributed by atoms with van der Waals surface area (Å²) in [6.45, 7) is 0.230. The molecule has 0 spiro atoms. The van der Waals surface area contributed by atoms with E-state index in [0.29, 0.717) is 18.2 Å². The molecular formula is C17H13F2N3O2. The van der Waals surface area contributed by atoms with E-state index in [1.54, 1.807) is 0 Å². The fourth-order valence-electron chi connectivity index (χ4n) is 2.07. The van der Waals surface area contributed by atoms with Crippen molar-refractivity contribution in [2.24, 2.45) is 0 Å². The van der Waals surface area contributed by atoms with E-state index < -0.39 is 17.5 Å². The second kappa shape index (κ2) is 6.99. The first-order chi connectivity index (χ1) is 11.6.